The van der Waals surface area contributed by atoms with E-state index in [1.54, 1.807) is 0 Å². The zero-order valence-corrected chi connectivity index (χ0v) is 28.4. The third kappa shape index (κ3) is 4.50. The van der Waals surface area contributed by atoms with Gasteiger partial charge >= 0.3 is 23.9 Å². The summed E-state index contributed by atoms with van der Waals surface area (Å²) in [7, 11) is 0. The largest absolute Gasteiger partial charge is 0.461 e. The highest BCUT2D eigenvalue weighted by Crippen LogP contribution is 2.76. The van der Waals surface area contributed by atoms with Crippen molar-refractivity contribution in [1.29, 1.82) is 0 Å². The zero-order valence-electron chi connectivity index (χ0n) is 28.4. The second kappa shape index (κ2) is 11.6. The van der Waals surface area contributed by atoms with Crippen molar-refractivity contribution >= 4 is 23.9 Å². The Morgan fingerprint density at radius 3 is 2.46 bits per heavy atom. The molecule has 0 aromatic heterocycles. The molecule has 6 rings (SSSR count). The average Bonchev–Trinajstić information content (AvgIpc) is 3.58. The van der Waals surface area contributed by atoms with Crippen LogP contribution in [0.2, 0.25) is 0 Å². The van der Waals surface area contributed by atoms with E-state index in [9.17, 15) is 24.3 Å². The Balaban J connectivity index is 1.52. The molecule has 2 bridgehead atoms. The van der Waals surface area contributed by atoms with Gasteiger partial charge in [0.05, 0.1) is 17.3 Å². The number of aliphatic hydroxyl groups is 1. The monoisotopic (exact) mass is 638 g/mol. The molecule has 1 N–H and O–H groups in total. The number of carbonyl (C=O) groups excluding carboxylic acids is 4. The Kier molecular flexibility index (Phi) is 8.34. The molecule has 12 atom stereocenters. The molecule has 4 fully saturated rings. The standard InChI is InChI=1S/C37H50O9/c1-9-17(2)33(40)46-31-28(18(3)11-10-12-38)19(4)13-27-30(31)37(35(42)45-27)16-36-20(5)14-26-24(21(6)34(41)44-26)15-25(36)22(7)29(37)32(36)43-23(8)39/h17-18,20,24,26-27,29-32,38H,6,9-16H2,1-5,7-8H3/t17?,18-,20-,24+,26-,27+,29+,30+,31+,32?,36-,37+/m1/s1. The number of ether oxygens (including phenoxy) is 4. The third-order valence-corrected chi connectivity index (χ3v) is 12.9. The van der Waals surface area contributed by atoms with Crippen molar-refractivity contribution in [3.8, 4) is 0 Å². The van der Waals surface area contributed by atoms with Gasteiger partial charge in [-0.1, -0.05) is 51.0 Å². The summed E-state index contributed by atoms with van der Waals surface area (Å²) >= 11 is 0. The van der Waals surface area contributed by atoms with Crippen LogP contribution in [0, 0.1) is 46.3 Å². The third-order valence-electron chi connectivity index (χ3n) is 12.9. The van der Waals surface area contributed by atoms with Crippen LogP contribution >= 0.6 is 0 Å². The van der Waals surface area contributed by atoms with Gasteiger partial charge in [-0.15, -0.1) is 0 Å². The number of hydrogen-bond acceptors (Lipinski definition) is 9. The van der Waals surface area contributed by atoms with Gasteiger partial charge in [-0.05, 0) is 69.8 Å². The van der Waals surface area contributed by atoms with Crippen LogP contribution in [0.15, 0.2) is 34.4 Å². The summed E-state index contributed by atoms with van der Waals surface area (Å²) in [6.45, 7) is 17.7. The Bertz CT molecular complexity index is 1420. The predicted octanol–water partition coefficient (Wildman–Crippen LogP) is 5.40. The van der Waals surface area contributed by atoms with Crippen LogP contribution < -0.4 is 0 Å². The van der Waals surface area contributed by atoms with Crippen LogP contribution in [0.3, 0.4) is 0 Å². The summed E-state index contributed by atoms with van der Waals surface area (Å²) in [4.78, 5) is 53.6. The topological polar surface area (TPSA) is 125 Å². The Labute approximate surface area is 272 Å². The van der Waals surface area contributed by atoms with Crippen molar-refractivity contribution in [2.75, 3.05) is 6.61 Å². The minimum Gasteiger partial charge on any atom is -0.461 e. The van der Waals surface area contributed by atoms with Crippen molar-refractivity contribution in [3.05, 3.63) is 34.4 Å². The maximum Gasteiger partial charge on any atom is 0.334 e. The Morgan fingerprint density at radius 2 is 1.80 bits per heavy atom. The van der Waals surface area contributed by atoms with Crippen LogP contribution in [-0.4, -0.2) is 60.0 Å². The second-order valence-electron chi connectivity index (χ2n) is 15.2. The number of fused-ring (bicyclic) bond motifs is 5. The lowest BCUT2D eigenvalue weighted by molar-refractivity contribution is -0.160. The molecule has 2 spiro atoms. The molecule has 2 saturated carbocycles. The molecule has 4 aliphatic carbocycles. The van der Waals surface area contributed by atoms with Crippen molar-refractivity contribution in [1.82, 2.24) is 0 Å². The van der Waals surface area contributed by atoms with E-state index in [0.717, 1.165) is 22.3 Å². The van der Waals surface area contributed by atoms with Crippen LogP contribution in [0.4, 0.5) is 0 Å². The van der Waals surface area contributed by atoms with E-state index in [1.807, 2.05) is 27.7 Å². The summed E-state index contributed by atoms with van der Waals surface area (Å²) in [6, 6.07) is 0. The number of aliphatic hydroxyl groups excluding tert-OH is 1. The molecule has 2 unspecified atom stereocenters. The lowest BCUT2D eigenvalue weighted by atomic mass is 9.55. The van der Waals surface area contributed by atoms with E-state index in [2.05, 4.69) is 20.4 Å². The van der Waals surface area contributed by atoms with E-state index in [0.29, 0.717) is 50.5 Å². The van der Waals surface area contributed by atoms with Gasteiger partial charge in [0, 0.05) is 42.8 Å². The summed E-state index contributed by atoms with van der Waals surface area (Å²) in [6.07, 6.45) is 1.93. The smallest absolute Gasteiger partial charge is 0.334 e. The van der Waals surface area contributed by atoms with Crippen LogP contribution in [-0.2, 0) is 38.1 Å². The zero-order chi connectivity index (χ0) is 33.5. The fourth-order valence-corrected chi connectivity index (χ4v) is 10.7. The first-order valence-electron chi connectivity index (χ1n) is 17.2. The normalized spacial score (nSPS) is 40.7. The summed E-state index contributed by atoms with van der Waals surface area (Å²) in [5.74, 6) is -2.86. The lowest BCUT2D eigenvalue weighted by Crippen LogP contribution is -2.51. The van der Waals surface area contributed by atoms with Gasteiger partial charge in [0.25, 0.3) is 0 Å². The minimum atomic E-state index is -1.08. The highest BCUT2D eigenvalue weighted by molar-refractivity contribution is 5.91. The van der Waals surface area contributed by atoms with Crippen molar-refractivity contribution in [3.63, 3.8) is 0 Å². The number of hydrogen-bond donors (Lipinski definition) is 1. The molecular weight excluding hydrogens is 588 g/mol. The molecule has 0 aromatic rings. The molecule has 252 valence electrons. The molecule has 0 aromatic carbocycles. The van der Waals surface area contributed by atoms with Crippen molar-refractivity contribution in [2.24, 2.45) is 46.3 Å². The van der Waals surface area contributed by atoms with Crippen LogP contribution in [0.1, 0.15) is 93.4 Å². The first-order valence-corrected chi connectivity index (χ1v) is 17.2. The van der Waals surface area contributed by atoms with Gasteiger partial charge < -0.3 is 24.1 Å². The van der Waals surface area contributed by atoms with E-state index < -0.39 is 46.9 Å². The lowest BCUT2D eigenvalue weighted by Gasteiger charge is -2.46. The molecule has 2 saturated heterocycles. The first-order chi connectivity index (χ1) is 21.7. The maximum atomic E-state index is 14.6. The summed E-state index contributed by atoms with van der Waals surface area (Å²) < 4.78 is 25.0. The van der Waals surface area contributed by atoms with Gasteiger partial charge in [0.1, 0.15) is 24.4 Å². The molecule has 9 nitrogen and oxygen atoms in total. The maximum absolute atomic E-state index is 14.6. The Morgan fingerprint density at radius 1 is 1.09 bits per heavy atom. The molecule has 6 aliphatic rings. The number of rotatable bonds is 8. The average molecular weight is 639 g/mol. The second-order valence-corrected chi connectivity index (χ2v) is 15.2. The fraction of sp³-hybridized carbons (Fsp3) is 0.730. The van der Waals surface area contributed by atoms with Gasteiger partial charge in [-0.3, -0.25) is 14.4 Å². The van der Waals surface area contributed by atoms with Crippen LogP contribution in [0.25, 0.3) is 0 Å². The fourth-order valence-electron chi connectivity index (χ4n) is 10.7. The quantitative estimate of drug-likeness (QED) is 0.161. The molecule has 0 amide bonds. The molecular formula is C37H50O9. The highest BCUT2D eigenvalue weighted by atomic mass is 16.6. The first kappa shape index (κ1) is 33.0. The highest BCUT2D eigenvalue weighted by Gasteiger charge is 2.80. The number of carbonyl (C=O) groups is 4. The van der Waals surface area contributed by atoms with E-state index in [-0.39, 0.29) is 54.3 Å². The van der Waals surface area contributed by atoms with Crippen molar-refractivity contribution in [2.45, 2.75) is 118 Å². The van der Waals surface area contributed by atoms with Gasteiger partial charge in [0.2, 0.25) is 0 Å². The van der Waals surface area contributed by atoms with E-state index in [1.165, 1.54) is 6.92 Å². The van der Waals surface area contributed by atoms with Crippen LogP contribution in [0.5, 0.6) is 0 Å². The summed E-state index contributed by atoms with van der Waals surface area (Å²) in [5.41, 5.74) is 2.93. The molecule has 46 heavy (non-hydrogen) atoms. The molecule has 2 heterocycles. The van der Waals surface area contributed by atoms with Gasteiger partial charge in [-0.2, -0.15) is 0 Å². The van der Waals surface area contributed by atoms with Gasteiger partial charge in [-0.25, -0.2) is 4.79 Å². The SMILES string of the molecule is C=C1C(=O)O[C@@H]2C[C@@H](C)[C@]34C[C@]5(C(=O)O[C@H]6CC(C)=C([C@H](C)CCCO)[C@H](OC(=O)C(C)CC)[C@H]65)[C@@H](C(C)=C3C[C@@H]12)C4OC(C)=O. The van der Waals surface area contributed by atoms with Crippen molar-refractivity contribution < 1.29 is 43.2 Å². The van der Waals surface area contributed by atoms with E-state index >= 15 is 0 Å². The summed E-state index contributed by atoms with van der Waals surface area (Å²) in [5, 5.41) is 9.65. The molecule has 2 aliphatic heterocycles. The van der Waals surface area contributed by atoms with Gasteiger partial charge in [0.15, 0.2) is 0 Å². The molecule has 9 heteroatoms. The predicted molar refractivity (Wildman–Crippen MR) is 168 cm³/mol. The minimum absolute atomic E-state index is 0.0145. The van der Waals surface area contributed by atoms with E-state index in [4.69, 9.17) is 18.9 Å². The Hall–Kier alpha value is -2.94. The number of esters is 4. The molecule has 0 radical (unpaired) electrons.